The number of nitrogens with one attached hydrogen (secondary N) is 3. The number of aliphatic imine (C=N–C) groups is 1. The van der Waals surface area contributed by atoms with E-state index in [9.17, 15) is 9.18 Å². The summed E-state index contributed by atoms with van der Waals surface area (Å²) in [5, 5.41) is 9.26. The maximum atomic E-state index is 13.5. The quantitative estimate of drug-likeness (QED) is 0.385. The second-order valence-corrected chi connectivity index (χ2v) is 7.62. The van der Waals surface area contributed by atoms with Crippen molar-refractivity contribution in [2.45, 2.75) is 26.2 Å². The van der Waals surface area contributed by atoms with E-state index in [1.165, 1.54) is 17.4 Å². The molecule has 0 fully saturated rings. The van der Waals surface area contributed by atoms with E-state index in [0.717, 1.165) is 11.3 Å². The Morgan fingerprint density at radius 2 is 2.00 bits per heavy atom. The van der Waals surface area contributed by atoms with Crippen LogP contribution in [0.4, 0.5) is 4.39 Å². The molecule has 0 saturated carbocycles. The van der Waals surface area contributed by atoms with Crippen molar-refractivity contribution >= 4 is 23.2 Å². The van der Waals surface area contributed by atoms with Crippen LogP contribution in [-0.2, 0) is 5.41 Å². The zero-order chi connectivity index (χ0) is 19.9. The summed E-state index contributed by atoms with van der Waals surface area (Å²) in [6, 6.07) is 6.62. The van der Waals surface area contributed by atoms with Gasteiger partial charge in [-0.2, -0.15) is 0 Å². The lowest BCUT2D eigenvalue weighted by atomic mass is 9.84. The molecule has 1 aromatic carbocycles. The highest BCUT2D eigenvalue weighted by Gasteiger charge is 2.21. The van der Waals surface area contributed by atoms with Crippen molar-refractivity contribution in [2.24, 2.45) is 4.99 Å². The molecule has 2 aromatic rings. The second-order valence-electron chi connectivity index (χ2n) is 6.77. The van der Waals surface area contributed by atoms with Crippen molar-refractivity contribution in [2.75, 3.05) is 26.7 Å². The molecule has 0 radical (unpaired) electrons. The van der Waals surface area contributed by atoms with E-state index in [2.05, 4.69) is 25.9 Å². The van der Waals surface area contributed by atoms with Crippen molar-refractivity contribution in [1.29, 1.82) is 0 Å². The minimum Gasteiger partial charge on any atom is -0.356 e. The lowest BCUT2D eigenvalue weighted by molar-refractivity contribution is 0.0957. The molecule has 0 unspecified atom stereocenters. The number of hydrogen-bond acceptors (Lipinski definition) is 4. The van der Waals surface area contributed by atoms with Gasteiger partial charge in [0.05, 0.1) is 11.2 Å². The molecule has 6 nitrogen and oxygen atoms in total. The number of halogens is 1. The Morgan fingerprint density at radius 1 is 1.26 bits per heavy atom. The number of aromatic nitrogens is 1. The third-order valence-corrected chi connectivity index (χ3v) is 5.11. The monoisotopic (exact) mass is 391 g/mol. The van der Waals surface area contributed by atoms with Gasteiger partial charge in [-0.1, -0.05) is 26.0 Å². The number of carbonyl (C=O) groups excluding carboxylic acids is 1. The van der Waals surface area contributed by atoms with Crippen molar-refractivity contribution in [1.82, 2.24) is 20.9 Å². The molecule has 8 heteroatoms. The van der Waals surface area contributed by atoms with Gasteiger partial charge >= 0.3 is 0 Å². The van der Waals surface area contributed by atoms with Crippen LogP contribution in [-0.4, -0.2) is 43.5 Å². The highest BCUT2D eigenvalue weighted by Crippen LogP contribution is 2.22. The number of nitrogens with zero attached hydrogens (tertiary/aromatic N) is 2. The maximum Gasteiger partial charge on any atom is 0.263 e. The molecule has 146 valence electrons. The highest BCUT2D eigenvalue weighted by molar-refractivity contribution is 7.11. The normalized spacial score (nSPS) is 12.0. The van der Waals surface area contributed by atoms with Crippen LogP contribution in [0.25, 0.3) is 0 Å². The lowest BCUT2D eigenvalue weighted by Gasteiger charge is -2.27. The first-order chi connectivity index (χ1) is 12.8. The SMILES string of the molecule is CN=C(NCCNC(=O)c1scnc1C)NCC(C)(C)c1cccc(F)c1. The predicted molar refractivity (Wildman–Crippen MR) is 108 cm³/mol. The minimum atomic E-state index is -0.266. The molecule has 2 rings (SSSR count). The summed E-state index contributed by atoms with van der Waals surface area (Å²) < 4.78 is 13.5. The predicted octanol–water partition coefficient (Wildman–Crippen LogP) is 2.46. The Bertz CT molecular complexity index is 803. The number of rotatable bonds is 7. The first-order valence-corrected chi connectivity index (χ1v) is 9.60. The number of carbonyl (C=O) groups is 1. The fourth-order valence-electron chi connectivity index (χ4n) is 2.49. The van der Waals surface area contributed by atoms with E-state index >= 15 is 0 Å². The molecular formula is C19H26FN5OS. The van der Waals surface area contributed by atoms with Crippen molar-refractivity contribution in [3.8, 4) is 0 Å². The van der Waals surface area contributed by atoms with Crippen LogP contribution < -0.4 is 16.0 Å². The van der Waals surface area contributed by atoms with E-state index in [1.54, 1.807) is 24.7 Å². The molecular weight excluding hydrogens is 365 g/mol. The van der Waals surface area contributed by atoms with Crippen LogP contribution in [0.15, 0.2) is 34.8 Å². The summed E-state index contributed by atoms with van der Waals surface area (Å²) in [7, 11) is 1.68. The molecule has 0 atom stereocenters. The number of hydrogen-bond donors (Lipinski definition) is 3. The molecule has 0 saturated heterocycles. The van der Waals surface area contributed by atoms with Gasteiger partial charge in [-0.15, -0.1) is 11.3 Å². The van der Waals surface area contributed by atoms with Crippen LogP contribution in [0.2, 0.25) is 0 Å². The minimum absolute atomic E-state index is 0.119. The third-order valence-electron chi connectivity index (χ3n) is 4.18. The van der Waals surface area contributed by atoms with Gasteiger partial charge in [-0.25, -0.2) is 9.37 Å². The van der Waals surface area contributed by atoms with E-state index in [-0.39, 0.29) is 17.1 Å². The van der Waals surface area contributed by atoms with Gasteiger partial charge < -0.3 is 16.0 Å². The highest BCUT2D eigenvalue weighted by atomic mass is 32.1. The van der Waals surface area contributed by atoms with Crippen LogP contribution in [0.5, 0.6) is 0 Å². The zero-order valence-electron chi connectivity index (χ0n) is 16.1. The van der Waals surface area contributed by atoms with Crippen LogP contribution >= 0.6 is 11.3 Å². The Morgan fingerprint density at radius 3 is 2.63 bits per heavy atom. The summed E-state index contributed by atoms with van der Waals surface area (Å²) in [5.41, 5.74) is 3.05. The Balaban J connectivity index is 1.77. The van der Waals surface area contributed by atoms with Crippen molar-refractivity contribution in [3.63, 3.8) is 0 Å². The van der Waals surface area contributed by atoms with Gasteiger partial charge in [0, 0.05) is 32.1 Å². The molecule has 0 aliphatic carbocycles. The first-order valence-electron chi connectivity index (χ1n) is 8.72. The third kappa shape index (κ3) is 6.02. The number of aryl methyl sites for hydroxylation is 1. The summed E-state index contributed by atoms with van der Waals surface area (Å²) in [6.07, 6.45) is 0. The fraction of sp³-hybridized carbons (Fsp3) is 0.421. The molecule has 0 spiro atoms. The molecule has 0 aliphatic heterocycles. The lowest BCUT2D eigenvalue weighted by Crippen LogP contribution is -2.45. The topological polar surface area (TPSA) is 78.4 Å². The van der Waals surface area contributed by atoms with Crippen LogP contribution in [0, 0.1) is 12.7 Å². The summed E-state index contributed by atoms with van der Waals surface area (Å²) in [4.78, 5) is 20.9. The van der Waals surface area contributed by atoms with E-state index < -0.39 is 0 Å². The summed E-state index contributed by atoms with van der Waals surface area (Å²) in [5.74, 6) is 0.268. The molecule has 1 heterocycles. The van der Waals surface area contributed by atoms with Gasteiger partial charge in [0.1, 0.15) is 10.7 Å². The van der Waals surface area contributed by atoms with Crippen LogP contribution in [0.3, 0.4) is 0 Å². The molecule has 0 aliphatic rings. The number of guanidine groups is 1. The Labute approximate surface area is 163 Å². The van der Waals surface area contributed by atoms with Crippen LogP contribution in [0.1, 0.15) is 34.8 Å². The first kappa shape index (κ1) is 20.8. The number of benzene rings is 1. The standard InChI is InChI=1S/C19H26FN5OS/c1-13-16(27-12-25-13)17(26)22-8-9-23-18(21-4)24-11-19(2,3)14-6-5-7-15(20)10-14/h5-7,10,12H,8-9,11H2,1-4H3,(H,22,26)(H2,21,23,24). The van der Waals surface area contributed by atoms with E-state index in [0.29, 0.717) is 30.5 Å². The number of thiazole rings is 1. The van der Waals surface area contributed by atoms with Gasteiger partial charge in [0.2, 0.25) is 0 Å². The fourth-order valence-corrected chi connectivity index (χ4v) is 3.21. The Hall–Kier alpha value is -2.48. The Kier molecular flexibility index (Phi) is 7.29. The molecule has 0 bridgehead atoms. The summed E-state index contributed by atoms with van der Waals surface area (Å²) >= 11 is 1.33. The van der Waals surface area contributed by atoms with Crippen molar-refractivity contribution in [3.05, 3.63) is 51.7 Å². The van der Waals surface area contributed by atoms with Gasteiger partial charge in [0.25, 0.3) is 5.91 Å². The van der Waals surface area contributed by atoms with Crippen molar-refractivity contribution < 1.29 is 9.18 Å². The van der Waals surface area contributed by atoms with Gasteiger partial charge in [-0.3, -0.25) is 9.79 Å². The average Bonchev–Trinajstić information content (AvgIpc) is 3.07. The smallest absolute Gasteiger partial charge is 0.263 e. The average molecular weight is 392 g/mol. The van der Waals surface area contributed by atoms with Gasteiger partial charge in [-0.05, 0) is 24.6 Å². The summed E-state index contributed by atoms with van der Waals surface area (Å²) in [6.45, 7) is 7.48. The zero-order valence-corrected chi connectivity index (χ0v) is 16.9. The molecule has 1 aromatic heterocycles. The van der Waals surface area contributed by atoms with Gasteiger partial charge in [0.15, 0.2) is 5.96 Å². The molecule has 3 N–H and O–H groups in total. The molecule has 27 heavy (non-hydrogen) atoms. The van der Waals surface area contributed by atoms with E-state index in [4.69, 9.17) is 0 Å². The maximum absolute atomic E-state index is 13.5. The molecule has 1 amide bonds. The number of amides is 1. The van der Waals surface area contributed by atoms with E-state index in [1.807, 2.05) is 26.8 Å². The second kappa shape index (κ2) is 9.45. The largest absolute Gasteiger partial charge is 0.356 e.